The predicted molar refractivity (Wildman–Crippen MR) is 94.1 cm³/mol. The van der Waals surface area contributed by atoms with Crippen LogP contribution in [0.15, 0.2) is 48.7 Å². The zero-order valence-electron chi connectivity index (χ0n) is 14.1. The smallest absolute Gasteiger partial charge is 0.0795 e. The fraction of sp³-hybridized carbons (Fsp3) is 0.333. The van der Waals surface area contributed by atoms with Gasteiger partial charge in [0.2, 0.25) is 0 Å². The van der Waals surface area contributed by atoms with Gasteiger partial charge >= 0.3 is 0 Å². The Bertz CT molecular complexity index is 660. The van der Waals surface area contributed by atoms with E-state index in [1.165, 1.54) is 33.4 Å². The first-order valence-corrected chi connectivity index (χ1v) is 8.14. The second-order valence-electron chi connectivity index (χ2n) is 6.39. The maximum atomic E-state index is 2.49. The normalized spacial score (nSPS) is 14.1. The van der Waals surface area contributed by atoms with Crippen LogP contribution in [0.1, 0.15) is 45.8 Å². The molecular formula is C21H25N. The summed E-state index contributed by atoms with van der Waals surface area (Å²) in [6, 6.07) is 13.7. The summed E-state index contributed by atoms with van der Waals surface area (Å²) in [7, 11) is 0. The van der Waals surface area contributed by atoms with Crippen molar-refractivity contribution >= 4 is 0 Å². The molecule has 1 nitrogen and oxygen atoms in total. The first-order valence-electron chi connectivity index (χ1n) is 8.14. The van der Waals surface area contributed by atoms with E-state index < -0.39 is 0 Å². The van der Waals surface area contributed by atoms with Crippen molar-refractivity contribution < 1.29 is 0 Å². The standard InChI is InChI=1S/C21H25N/c1-15-9-7-11-19(17(15)3)21(22-13-5-6-14-22)20-12-8-10-16(2)18(20)4/h5,7-13,21H,6,14H2,1-4H3. The van der Waals surface area contributed by atoms with E-state index in [-0.39, 0.29) is 0 Å². The molecule has 0 atom stereocenters. The van der Waals surface area contributed by atoms with Crippen LogP contribution >= 0.6 is 0 Å². The van der Waals surface area contributed by atoms with Gasteiger partial charge in [0.05, 0.1) is 6.04 Å². The lowest BCUT2D eigenvalue weighted by atomic mass is 9.88. The SMILES string of the molecule is Cc1cccc(C(c2cccc(C)c2C)N2C=CCC2)c1C. The van der Waals surface area contributed by atoms with Gasteiger partial charge in [-0.05, 0) is 73.7 Å². The fourth-order valence-corrected chi connectivity index (χ4v) is 3.39. The first kappa shape index (κ1) is 14.9. The summed E-state index contributed by atoms with van der Waals surface area (Å²) < 4.78 is 0. The summed E-state index contributed by atoms with van der Waals surface area (Å²) in [6.07, 6.45) is 5.70. The molecule has 0 saturated heterocycles. The number of benzene rings is 2. The van der Waals surface area contributed by atoms with Crippen molar-refractivity contribution in [3.8, 4) is 0 Å². The molecule has 0 saturated carbocycles. The average molecular weight is 291 g/mol. The monoisotopic (exact) mass is 291 g/mol. The topological polar surface area (TPSA) is 3.24 Å². The highest BCUT2D eigenvalue weighted by molar-refractivity contribution is 5.45. The largest absolute Gasteiger partial charge is 0.366 e. The van der Waals surface area contributed by atoms with Crippen molar-refractivity contribution in [3.63, 3.8) is 0 Å². The maximum Gasteiger partial charge on any atom is 0.0795 e. The van der Waals surface area contributed by atoms with E-state index in [1.54, 1.807) is 0 Å². The zero-order chi connectivity index (χ0) is 15.7. The van der Waals surface area contributed by atoms with Gasteiger partial charge in [-0.25, -0.2) is 0 Å². The van der Waals surface area contributed by atoms with Gasteiger partial charge in [0.15, 0.2) is 0 Å². The van der Waals surface area contributed by atoms with Gasteiger partial charge in [0, 0.05) is 6.54 Å². The molecule has 3 rings (SSSR count). The van der Waals surface area contributed by atoms with Crippen LogP contribution in [0.4, 0.5) is 0 Å². The average Bonchev–Trinajstić information content (AvgIpc) is 3.02. The molecule has 114 valence electrons. The number of hydrogen-bond donors (Lipinski definition) is 0. The Morgan fingerprint density at radius 1 is 0.818 bits per heavy atom. The Hall–Kier alpha value is -2.02. The third-order valence-corrected chi connectivity index (χ3v) is 5.06. The van der Waals surface area contributed by atoms with Crippen molar-refractivity contribution in [2.45, 2.75) is 40.2 Å². The molecule has 2 aromatic rings. The molecule has 0 N–H and O–H groups in total. The predicted octanol–water partition coefficient (Wildman–Crippen LogP) is 5.23. The molecule has 0 spiro atoms. The van der Waals surface area contributed by atoms with E-state index in [4.69, 9.17) is 0 Å². The Balaban J connectivity index is 2.18. The lowest BCUT2D eigenvalue weighted by Gasteiger charge is -2.32. The summed E-state index contributed by atoms with van der Waals surface area (Å²) in [4.78, 5) is 2.49. The van der Waals surface area contributed by atoms with E-state index in [0.717, 1.165) is 13.0 Å². The van der Waals surface area contributed by atoms with Gasteiger partial charge in [-0.15, -0.1) is 0 Å². The maximum absolute atomic E-state index is 2.49. The molecular weight excluding hydrogens is 266 g/mol. The minimum absolute atomic E-state index is 0.318. The van der Waals surface area contributed by atoms with Crippen LogP contribution in [0.25, 0.3) is 0 Å². The van der Waals surface area contributed by atoms with E-state index in [1.807, 2.05) is 0 Å². The highest BCUT2D eigenvalue weighted by Crippen LogP contribution is 2.36. The number of hydrogen-bond acceptors (Lipinski definition) is 1. The Morgan fingerprint density at radius 3 is 1.82 bits per heavy atom. The number of aryl methyl sites for hydroxylation is 2. The van der Waals surface area contributed by atoms with Crippen molar-refractivity contribution in [1.82, 2.24) is 4.90 Å². The molecule has 0 unspecified atom stereocenters. The Labute approximate surface area is 134 Å². The lowest BCUT2D eigenvalue weighted by Crippen LogP contribution is -2.24. The third-order valence-electron chi connectivity index (χ3n) is 5.06. The van der Waals surface area contributed by atoms with E-state index in [0.29, 0.717) is 6.04 Å². The molecule has 0 aliphatic carbocycles. The first-order chi connectivity index (χ1) is 10.6. The van der Waals surface area contributed by atoms with Crippen molar-refractivity contribution in [2.75, 3.05) is 6.54 Å². The van der Waals surface area contributed by atoms with Gasteiger partial charge in [0.25, 0.3) is 0 Å². The van der Waals surface area contributed by atoms with Crippen molar-refractivity contribution in [3.05, 3.63) is 82.1 Å². The Kier molecular flexibility index (Phi) is 4.06. The van der Waals surface area contributed by atoms with Crippen LogP contribution in [-0.4, -0.2) is 11.4 Å². The molecule has 1 heteroatoms. The minimum atomic E-state index is 0.318. The van der Waals surface area contributed by atoms with Crippen LogP contribution < -0.4 is 0 Å². The van der Waals surface area contributed by atoms with Crippen LogP contribution in [0, 0.1) is 27.7 Å². The van der Waals surface area contributed by atoms with Crippen molar-refractivity contribution in [2.24, 2.45) is 0 Å². The third kappa shape index (κ3) is 2.56. The zero-order valence-corrected chi connectivity index (χ0v) is 14.1. The highest BCUT2D eigenvalue weighted by Gasteiger charge is 2.25. The van der Waals surface area contributed by atoms with E-state index >= 15 is 0 Å². The summed E-state index contributed by atoms with van der Waals surface area (Å²) in [6.45, 7) is 10.0. The van der Waals surface area contributed by atoms with Crippen LogP contribution in [0.3, 0.4) is 0 Å². The summed E-state index contributed by atoms with van der Waals surface area (Å²) in [5, 5.41) is 0. The van der Waals surface area contributed by atoms with Gasteiger partial charge in [-0.3, -0.25) is 0 Å². The molecule has 0 aromatic heterocycles. The van der Waals surface area contributed by atoms with Crippen LogP contribution in [0.5, 0.6) is 0 Å². The molecule has 1 aliphatic rings. The molecule has 2 aromatic carbocycles. The molecule has 0 bridgehead atoms. The van der Waals surface area contributed by atoms with E-state index in [9.17, 15) is 0 Å². The molecule has 0 amide bonds. The van der Waals surface area contributed by atoms with Crippen LogP contribution in [0.2, 0.25) is 0 Å². The number of nitrogens with zero attached hydrogens (tertiary/aromatic N) is 1. The van der Waals surface area contributed by atoms with Crippen molar-refractivity contribution in [1.29, 1.82) is 0 Å². The molecule has 1 heterocycles. The minimum Gasteiger partial charge on any atom is -0.366 e. The summed E-state index contributed by atoms with van der Waals surface area (Å²) in [5.41, 5.74) is 8.43. The summed E-state index contributed by atoms with van der Waals surface area (Å²) in [5.74, 6) is 0. The highest BCUT2D eigenvalue weighted by atomic mass is 15.1. The quantitative estimate of drug-likeness (QED) is 0.748. The molecule has 22 heavy (non-hydrogen) atoms. The second-order valence-corrected chi connectivity index (χ2v) is 6.39. The van der Waals surface area contributed by atoms with Gasteiger partial charge < -0.3 is 4.90 Å². The Morgan fingerprint density at radius 2 is 1.36 bits per heavy atom. The molecule has 0 fully saturated rings. The van der Waals surface area contributed by atoms with Crippen LogP contribution in [-0.2, 0) is 0 Å². The fourth-order valence-electron chi connectivity index (χ4n) is 3.39. The second kappa shape index (κ2) is 6.00. The lowest BCUT2D eigenvalue weighted by molar-refractivity contribution is 0.340. The molecule has 1 aliphatic heterocycles. The number of rotatable bonds is 3. The van der Waals surface area contributed by atoms with Gasteiger partial charge in [-0.1, -0.05) is 42.5 Å². The molecule has 0 radical (unpaired) electrons. The summed E-state index contributed by atoms with van der Waals surface area (Å²) >= 11 is 0. The van der Waals surface area contributed by atoms with E-state index in [2.05, 4.69) is 81.3 Å². The van der Waals surface area contributed by atoms with Gasteiger partial charge in [-0.2, -0.15) is 0 Å². The van der Waals surface area contributed by atoms with Gasteiger partial charge in [0.1, 0.15) is 0 Å².